The molecule has 0 bridgehead atoms. The van der Waals surface area contributed by atoms with Crippen LogP contribution >= 0.6 is 0 Å². The quantitative estimate of drug-likeness (QED) is 0.190. The average molecular weight is 520 g/mol. The number of furan rings is 1. The summed E-state index contributed by atoms with van der Waals surface area (Å²) in [7, 11) is 2.04. The van der Waals surface area contributed by atoms with Crippen LogP contribution in [-0.2, 0) is 13.4 Å². The average Bonchev–Trinajstić information content (AvgIpc) is 3.25. The van der Waals surface area contributed by atoms with Gasteiger partial charge < -0.3 is 0 Å². The number of nitriles is 1. The molecule has 4 heteroatoms. The number of aryl methyl sites for hydroxylation is 3. The summed E-state index contributed by atoms with van der Waals surface area (Å²) in [5.41, 5.74) is 7.88. The topological polar surface area (TPSA) is 40.8 Å². The van der Waals surface area contributed by atoms with Crippen LogP contribution in [0.5, 0.6) is 0 Å². The molecule has 0 atom stereocenters. The summed E-state index contributed by atoms with van der Waals surface area (Å²) in [6.07, 6.45) is 1.23. The van der Waals surface area contributed by atoms with Gasteiger partial charge in [-0.2, -0.15) is 0 Å². The summed E-state index contributed by atoms with van der Waals surface area (Å²) >= 11 is -2.57. The second-order valence-corrected chi connectivity index (χ2v) is 20.2. The van der Waals surface area contributed by atoms with Crippen LogP contribution < -0.4 is 8.96 Å². The number of benzene rings is 3. The third-order valence-electron chi connectivity index (χ3n) is 7.53. The van der Waals surface area contributed by atoms with Gasteiger partial charge in [-0.3, -0.25) is 0 Å². The zero-order valence-electron chi connectivity index (χ0n) is 22.6. The third-order valence-corrected chi connectivity index (χ3v) is 14.6. The van der Waals surface area contributed by atoms with Crippen molar-refractivity contribution in [3.63, 3.8) is 0 Å². The van der Waals surface area contributed by atoms with Crippen LogP contribution in [0.4, 0.5) is 0 Å². The standard InChI is InChI=1S/C31H29GeN2O/c1-20-13-15-23-24-16-14-22(19-33)28(25-11-7-9-21-10-8-17-32(2,3)29(21)25)31(24)35-30(23)27(20)26-12-5-6-18-34(26)4/h5-7,9,11-16,18H,8,10,17H2,1-4H3/q+1/i10D2. The van der Waals surface area contributed by atoms with E-state index in [-0.39, 0.29) is 0 Å². The number of rotatable bonds is 2. The van der Waals surface area contributed by atoms with Crippen molar-refractivity contribution in [3.05, 3.63) is 83.6 Å². The third kappa shape index (κ3) is 3.35. The van der Waals surface area contributed by atoms with E-state index in [4.69, 9.17) is 7.16 Å². The van der Waals surface area contributed by atoms with Gasteiger partial charge in [-0.25, -0.2) is 0 Å². The van der Waals surface area contributed by atoms with Gasteiger partial charge in [0, 0.05) is 0 Å². The van der Waals surface area contributed by atoms with Crippen molar-refractivity contribution in [3.8, 4) is 28.5 Å². The van der Waals surface area contributed by atoms with Crippen molar-refractivity contribution in [1.29, 1.82) is 5.26 Å². The zero-order chi connectivity index (χ0) is 26.1. The molecule has 0 spiro atoms. The van der Waals surface area contributed by atoms with E-state index in [0.29, 0.717) is 17.6 Å². The molecule has 172 valence electrons. The summed E-state index contributed by atoms with van der Waals surface area (Å²) in [5, 5.41) is 13.1. The molecule has 35 heavy (non-hydrogen) atoms. The summed E-state index contributed by atoms with van der Waals surface area (Å²) in [6, 6.07) is 22.7. The van der Waals surface area contributed by atoms with Gasteiger partial charge in [-0.1, -0.05) is 0 Å². The molecule has 1 aliphatic heterocycles. The van der Waals surface area contributed by atoms with Gasteiger partial charge in [0.15, 0.2) is 0 Å². The maximum absolute atomic E-state index is 10.2. The van der Waals surface area contributed by atoms with Crippen molar-refractivity contribution in [1.82, 2.24) is 0 Å². The Morgan fingerprint density at radius 2 is 1.74 bits per heavy atom. The van der Waals surface area contributed by atoms with E-state index >= 15 is 0 Å². The van der Waals surface area contributed by atoms with E-state index in [1.807, 2.05) is 49.6 Å². The fourth-order valence-corrected chi connectivity index (χ4v) is 11.7. The van der Waals surface area contributed by atoms with Gasteiger partial charge in [-0.05, 0) is 0 Å². The Morgan fingerprint density at radius 1 is 0.971 bits per heavy atom. The number of hydrogen-bond acceptors (Lipinski definition) is 2. The van der Waals surface area contributed by atoms with Crippen molar-refractivity contribution < 1.29 is 11.7 Å². The van der Waals surface area contributed by atoms with Crippen LogP contribution in [0.3, 0.4) is 0 Å². The summed E-state index contributed by atoms with van der Waals surface area (Å²) in [5.74, 6) is 4.72. The van der Waals surface area contributed by atoms with E-state index in [2.05, 4.69) is 53.3 Å². The molecule has 1 aliphatic rings. The molecular formula is C31H29GeN2O+. The molecule has 0 unspecified atom stereocenters. The van der Waals surface area contributed by atoms with Gasteiger partial charge in [0.2, 0.25) is 0 Å². The monoisotopic (exact) mass is 521 g/mol. The Morgan fingerprint density at radius 3 is 2.51 bits per heavy atom. The van der Waals surface area contributed by atoms with E-state index < -0.39 is 19.6 Å². The summed E-state index contributed by atoms with van der Waals surface area (Å²) in [4.78, 5) is 0. The van der Waals surface area contributed by atoms with Crippen LogP contribution in [0.2, 0.25) is 16.8 Å². The molecule has 0 radical (unpaired) electrons. The van der Waals surface area contributed by atoms with Gasteiger partial charge >= 0.3 is 212 Å². The molecule has 2 aromatic heterocycles. The number of nitrogens with zero attached hydrogens (tertiary/aromatic N) is 2. The van der Waals surface area contributed by atoms with Crippen LogP contribution in [0.1, 0.15) is 25.9 Å². The maximum atomic E-state index is 10.2. The first kappa shape index (κ1) is 19.9. The normalized spacial score (nSPS) is 17.0. The molecule has 0 amide bonds. The van der Waals surface area contributed by atoms with Gasteiger partial charge in [0.05, 0.1) is 0 Å². The first-order valence-electron chi connectivity index (χ1n) is 13.1. The second kappa shape index (κ2) is 8.10. The molecule has 0 fully saturated rings. The molecule has 0 aliphatic carbocycles. The van der Waals surface area contributed by atoms with Crippen LogP contribution in [0.25, 0.3) is 44.3 Å². The minimum atomic E-state index is -2.57. The Bertz CT molecular complexity index is 1780. The van der Waals surface area contributed by atoms with Gasteiger partial charge in [-0.15, -0.1) is 0 Å². The first-order valence-corrected chi connectivity index (χ1v) is 18.9. The number of hydrogen-bond donors (Lipinski definition) is 0. The molecule has 6 rings (SSSR count). The molecule has 3 nitrogen and oxygen atoms in total. The van der Waals surface area contributed by atoms with E-state index in [9.17, 15) is 5.26 Å². The number of fused-ring (bicyclic) bond motifs is 4. The van der Waals surface area contributed by atoms with Crippen molar-refractivity contribution in [2.75, 3.05) is 0 Å². The van der Waals surface area contributed by atoms with Crippen molar-refractivity contribution >= 4 is 39.6 Å². The SMILES string of the molecule is [2H]C1([2H])C[CH2][Ge]([CH3])([CH3])[c]2c(-c3c(C#N)ccc4c3oc3c(-c5cccc[n+]5C)c(C)ccc34)cccc21. The Hall–Kier alpha value is -3.36. The Balaban J connectivity index is 1.75. The summed E-state index contributed by atoms with van der Waals surface area (Å²) < 4.78 is 27.6. The Kier molecular flexibility index (Phi) is 4.61. The fourth-order valence-electron chi connectivity index (χ4n) is 5.74. The van der Waals surface area contributed by atoms with E-state index in [1.54, 1.807) is 0 Å². The van der Waals surface area contributed by atoms with Gasteiger partial charge in [0.25, 0.3) is 0 Å². The zero-order valence-corrected chi connectivity index (χ0v) is 22.7. The molecule has 3 aromatic carbocycles. The predicted octanol–water partition coefficient (Wildman–Crippen LogP) is 6.79. The second-order valence-electron chi connectivity index (χ2n) is 10.2. The van der Waals surface area contributed by atoms with E-state index in [0.717, 1.165) is 59.5 Å². The number of aromatic nitrogens is 1. The molecular weight excluding hydrogens is 489 g/mol. The van der Waals surface area contributed by atoms with E-state index in [1.165, 1.54) is 0 Å². The fraction of sp³-hybridized carbons (Fsp3) is 0.226. The van der Waals surface area contributed by atoms with Crippen LogP contribution in [-0.4, -0.2) is 13.3 Å². The molecule has 5 aromatic rings. The molecule has 0 saturated carbocycles. The predicted molar refractivity (Wildman–Crippen MR) is 145 cm³/mol. The van der Waals surface area contributed by atoms with Crippen molar-refractivity contribution in [2.24, 2.45) is 7.05 Å². The van der Waals surface area contributed by atoms with Crippen LogP contribution in [0, 0.1) is 18.3 Å². The molecule has 3 heterocycles. The molecule has 0 N–H and O–H groups in total. The van der Waals surface area contributed by atoms with Gasteiger partial charge in [0.1, 0.15) is 0 Å². The number of pyridine rings is 1. The Labute approximate surface area is 211 Å². The summed E-state index contributed by atoms with van der Waals surface area (Å²) in [6.45, 7) is 2.10. The van der Waals surface area contributed by atoms with Crippen LogP contribution in [0.15, 0.2) is 71.3 Å². The first-order chi connectivity index (χ1) is 17.6. The molecule has 0 saturated heterocycles. The minimum absolute atomic E-state index is 0.563. The van der Waals surface area contributed by atoms with Crippen molar-refractivity contribution in [2.45, 2.75) is 36.5 Å².